The average Bonchev–Trinajstić information content (AvgIpc) is 2.15. The maximum absolute atomic E-state index is 6.12. The molecule has 0 N–H and O–H groups in total. The fourth-order valence-corrected chi connectivity index (χ4v) is 1.97. The molecule has 1 aliphatic carbocycles. The largest absolute Gasteiger partial charge is 0.359 e. The van der Waals surface area contributed by atoms with Gasteiger partial charge in [-0.1, -0.05) is 11.6 Å². The first kappa shape index (κ1) is 11.0. The van der Waals surface area contributed by atoms with Crippen LogP contribution in [0.15, 0.2) is 10.6 Å². The smallest absolute Gasteiger partial charge is 0.147 e. The van der Waals surface area contributed by atoms with Gasteiger partial charge in [0.25, 0.3) is 0 Å². The number of ether oxygens (including phenoxy) is 2. The molecule has 1 unspecified atom stereocenters. The van der Waals surface area contributed by atoms with Gasteiger partial charge in [-0.15, -0.1) is 0 Å². The van der Waals surface area contributed by atoms with Crippen molar-refractivity contribution < 1.29 is 9.47 Å². The zero-order chi connectivity index (χ0) is 9.68. The predicted octanol–water partition coefficient (Wildman–Crippen LogP) is 3.06. The minimum atomic E-state index is 0.104. The van der Waals surface area contributed by atoms with Crippen LogP contribution in [-0.4, -0.2) is 20.0 Å². The molecule has 0 bridgehead atoms. The Bertz CT molecular complexity index is 189. The molecule has 0 radical (unpaired) electrons. The Hall–Kier alpha value is -0.0500. The SMILES string of the molecule is COCOC(C)C1=C(Cl)CCCC1. The van der Waals surface area contributed by atoms with E-state index in [4.69, 9.17) is 21.1 Å². The van der Waals surface area contributed by atoms with Gasteiger partial charge < -0.3 is 9.47 Å². The van der Waals surface area contributed by atoms with Gasteiger partial charge in [0.2, 0.25) is 0 Å². The summed E-state index contributed by atoms with van der Waals surface area (Å²) in [6.07, 6.45) is 4.63. The van der Waals surface area contributed by atoms with Crippen molar-refractivity contribution >= 4 is 11.6 Å². The van der Waals surface area contributed by atoms with Crippen molar-refractivity contribution in [3.05, 3.63) is 10.6 Å². The lowest BCUT2D eigenvalue weighted by atomic mass is 9.96. The zero-order valence-electron chi connectivity index (χ0n) is 8.31. The van der Waals surface area contributed by atoms with Crippen molar-refractivity contribution in [2.24, 2.45) is 0 Å². The van der Waals surface area contributed by atoms with Crippen LogP contribution in [0.3, 0.4) is 0 Å². The lowest BCUT2D eigenvalue weighted by molar-refractivity contribution is -0.0543. The summed E-state index contributed by atoms with van der Waals surface area (Å²) >= 11 is 6.12. The Labute approximate surface area is 84.9 Å². The number of halogens is 1. The van der Waals surface area contributed by atoms with Gasteiger partial charge in [-0.25, -0.2) is 0 Å². The summed E-state index contributed by atoms with van der Waals surface area (Å²) in [5.41, 5.74) is 1.25. The summed E-state index contributed by atoms with van der Waals surface area (Å²) in [6.45, 7) is 2.37. The summed E-state index contributed by atoms with van der Waals surface area (Å²) < 4.78 is 10.3. The van der Waals surface area contributed by atoms with Gasteiger partial charge in [-0.2, -0.15) is 0 Å². The van der Waals surface area contributed by atoms with E-state index in [1.165, 1.54) is 18.4 Å². The molecule has 3 heteroatoms. The van der Waals surface area contributed by atoms with Gasteiger partial charge in [-0.05, 0) is 38.2 Å². The Morgan fingerprint density at radius 3 is 2.69 bits per heavy atom. The van der Waals surface area contributed by atoms with Crippen LogP contribution in [0.25, 0.3) is 0 Å². The quantitative estimate of drug-likeness (QED) is 0.656. The van der Waals surface area contributed by atoms with Crippen molar-refractivity contribution in [1.29, 1.82) is 0 Å². The molecular formula is C10H17ClO2. The summed E-state index contributed by atoms with van der Waals surface area (Å²) in [5.74, 6) is 0. The molecule has 0 aromatic carbocycles. The second kappa shape index (κ2) is 5.63. The van der Waals surface area contributed by atoms with Crippen molar-refractivity contribution in [2.45, 2.75) is 38.7 Å². The summed E-state index contributed by atoms with van der Waals surface area (Å²) in [4.78, 5) is 0. The van der Waals surface area contributed by atoms with Crippen LogP contribution < -0.4 is 0 Å². The Kier molecular flexibility index (Phi) is 4.78. The second-order valence-corrected chi connectivity index (χ2v) is 3.81. The van der Waals surface area contributed by atoms with Crippen molar-refractivity contribution in [3.8, 4) is 0 Å². The molecule has 0 saturated heterocycles. The van der Waals surface area contributed by atoms with Crippen LogP contribution in [0.1, 0.15) is 32.6 Å². The number of allylic oxidation sites excluding steroid dienone is 1. The highest BCUT2D eigenvalue weighted by molar-refractivity contribution is 6.30. The van der Waals surface area contributed by atoms with E-state index in [0.717, 1.165) is 17.9 Å². The number of methoxy groups -OCH3 is 1. The molecule has 0 heterocycles. The molecule has 0 aromatic rings. The second-order valence-electron chi connectivity index (χ2n) is 3.35. The highest BCUT2D eigenvalue weighted by Gasteiger charge is 2.16. The van der Waals surface area contributed by atoms with E-state index in [-0.39, 0.29) is 6.10 Å². The minimum absolute atomic E-state index is 0.104. The monoisotopic (exact) mass is 204 g/mol. The van der Waals surface area contributed by atoms with E-state index < -0.39 is 0 Å². The van der Waals surface area contributed by atoms with E-state index >= 15 is 0 Å². The summed E-state index contributed by atoms with van der Waals surface area (Å²) in [5, 5.41) is 0.995. The standard InChI is InChI=1S/C10H17ClO2/c1-8(13-7-12-2)9-5-3-4-6-10(9)11/h8H,3-7H2,1-2H3. The first-order valence-corrected chi connectivity index (χ1v) is 5.11. The first-order chi connectivity index (χ1) is 6.25. The van der Waals surface area contributed by atoms with Gasteiger partial charge in [0.1, 0.15) is 6.79 Å². The number of rotatable bonds is 4. The van der Waals surface area contributed by atoms with Crippen LogP contribution >= 0.6 is 11.6 Å². The molecule has 0 amide bonds. The summed E-state index contributed by atoms with van der Waals surface area (Å²) in [6, 6.07) is 0. The zero-order valence-corrected chi connectivity index (χ0v) is 9.06. The molecule has 0 aromatic heterocycles. The molecule has 0 spiro atoms. The van der Waals surface area contributed by atoms with Crippen LogP contribution in [-0.2, 0) is 9.47 Å². The molecule has 76 valence electrons. The number of hydrogen-bond acceptors (Lipinski definition) is 2. The van der Waals surface area contributed by atoms with E-state index in [2.05, 4.69) is 0 Å². The lowest BCUT2D eigenvalue weighted by Gasteiger charge is -2.21. The van der Waals surface area contributed by atoms with Crippen LogP contribution in [0.4, 0.5) is 0 Å². The molecule has 13 heavy (non-hydrogen) atoms. The first-order valence-electron chi connectivity index (χ1n) is 4.73. The average molecular weight is 205 g/mol. The predicted molar refractivity (Wildman–Crippen MR) is 53.8 cm³/mol. The molecule has 1 rings (SSSR count). The van der Waals surface area contributed by atoms with Gasteiger partial charge in [0.15, 0.2) is 0 Å². The molecule has 2 nitrogen and oxygen atoms in total. The van der Waals surface area contributed by atoms with Gasteiger partial charge in [-0.3, -0.25) is 0 Å². The molecule has 1 aliphatic rings. The van der Waals surface area contributed by atoms with Gasteiger partial charge >= 0.3 is 0 Å². The molecule has 0 saturated carbocycles. The minimum Gasteiger partial charge on any atom is -0.359 e. The van der Waals surface area contributed by atoms with E-state index in [1.807, 2.05) is 6.92 Å². The molecule has 1 atom stereocenters. The third-order valence-corrected chi connectivity index (χ3v) is 2.80. The third-order valence-electron chi connectivity index (χ3n) is 2.37. The highest BCUT2D eigenvalue weighted by atomic mass is 35.5. The normalized spacial score (nSPS) is 20.5. The Morgan fingerprint density at radius 1 is 1.38 bits per heavy atom. The van der Waals surface area contributed by atoms with Crippen LogP contribution in [0.5, 0.6) is 0 Å². The maximum atomic E-state index is 6.12. The van der Waals surface area contributed by atoms with E-state index in [0.29, 0.717) is 6.79 Å². The number of hydrogen-bond donors (Lipinski definition) is 0. The van der Waals surface area contributed by atoms with Crippen molar-refractivity contribution in [2.75, 3.05) is 13.9 Å². The molecule has 0 fully saturated rings. The maximum Gasteiger partial charge on any atom is 0.147 e. The topological polar surface area (TPSA) is 18.5 Å². The third kappa shape index (κ3) is 3.29. The Balaban J connectivity index is 2.47. The lowest BCUT2D eigenvalue weighted by Crippen LogP contribution is -2.16. The van der Waals surface area contributed by atoms with Crippen molar-refractivity contribution in [1.82, 2.24) is 0 Å². The van der Waals surface area contributed by atoms with E-state index in [9.17, 15) is 0 Å². The van der Waals surface area contributed by atoms with E-state index in [1.54, 1.807) is 7.11 Å². The van der Waals surface area contributed by atoms with Crippen LogP contribution in [0.2, 0.25) is 0 Å². The molecule has 0 aliphatic heterocycles. The van der Waals surface area contributed by atoms with Crippen LogP contribution in [0, 0.1) is 0 Å². The Morgan fingerprint density at radius 2 is 2.08 bits per heavy atom. The van der Waals surface area contributed by atoms with Gasteiger partial charge in [0.05, 0.1) is 6.10 Å². The highest BCUT2D eigenvalue weighted by Crippen LogP contribution is 2.30. The van der Waals surface area contributed by atoms with Gasteiger partial charge in [0, 0.05) is 12.1 Å². The van der Waals surface area contributed by atoms with Crippen molar-refractivity contribution in [3.63, 3.8) is 0 Å². The molecular weight excluding hydrogens is 188 g/mol. The summed E-state index contributed by atoms with van der Waals surface area (Å²) in [7, 11) is 1.63. The fraction of sp³-hybridized carbons (Fsp3) is 0.800. The fourth-order valence-electron chi connectivity index (χ4n) is 1.59.